The molecule has 1 spiro atoms. The molecule has 0 aliphatic heterocycles. The molecular weight excluding hydrogens is 328 g/mol. The summed E-state index contributed by atoms with van der Waals surface area (Å²) in [5.41, 5.74) is 8.48. The minimum Gasteiger partial charge on any atom is -0.494 e. The van der Waals surface area contributed by atoms with Crippen molar-refractivity contribution < 1.29 is 4.74 Å². The Hall–Kier alpha value is -2.80. The standard InChI is InChI=1S/C26H24O/c1-18(17-27-19(2)20-10-4-3-5-11-20)25-16-26(25)23-14-8-6-12-21(23)22-13-7-9-15-24(22)26/h3-15,17,19,25H,16H2,1-2H3/b18-17+/t19-,25?/m1/s1. The van der Waals surface area contributed by atoms with E-state index in [1.807, 2.05) is 12.3 Å². The van der Waals surface area contributed by atoms with Crippen molar-refractivity contribution in [2.24, 2.45) is 5.92 Å². The van der Waals surface area contributed by atoms with Crippen molar-refractivity contribution in [3.05, 3.63) is 107 Å². The number of allylic oxidation sites excluding steroid dienone is 1. The van der Waals surface area contributed by atoms with Gasteiger partial charge in [-0.1, -0.05) is 78.9 Å². The van der Waals surface area contributed by atoms with Crippen molar-refractivity contribution in [2.75, 3.05) is 0 Å². The Bertz CT molecular complexity index is 970. The summed E-state index contributed by atoms with van der Waals surface area (Å²) in [6.07, 6.45) is 3.24. The molecule has 3 aromatic carbocycles. The highest BCUT2D eigenvalue weighted by molar-refractivity contribution is 5.83. The van der Waals surface area contributed by atoms with Crippen LogP contribution < -0.4 is 0 Å². The van der Waals surface area contributed by atoms with Gasteiger partial charge in [0.25, 0.3) is 0 Å². The van der Waals surface area contributed by atoms with Gasteiger partial charge in [0, 0.05) is 5.41 Å². The highest BCUT2D eigenvalue weighted by Gasteiger charge is 2.61. The molecule has 1 heteroatoms. The zero-order valence-corrected chi connectivity index (χ0v) is 15.9. The van der Waals surface area contributed by atoms with E-state index in [2.05, 4.69) is 86.6 Å². The van der Waals surface area contributed by atoms with Gasteiger partial charge < -0.3 is 4.74 Å². The molecule has 0 bridgehead atoms. The van der Waals surface area contributed by atoms with Gasteiger partial charge in [0.2, 0.25) is 0 Å². The Morgan fingerprint density at radius 2 is 1.44 bits per heavy atom. The molecule has 0 heterocycles. The van der Waals surface area contributed by atoms with Crippen LogP contribution in [0, 0.1) is 5.92 Å². The highest BCUT2D eigenvalue weighted by Crippen LogP contribution is 2.68. The van der Waals surface area contributed by atoms with Crippen molar-refractivity contribution in [2.45, 2.75) is 31.8 Å². The molecule has 2 aliphatic rings. The fourth-order valence-corrected chi connectivity index (χ4v) is 4.86. The summed E-state index contributed by atoms with van der Waals surface area (Å²) in [6, 6.07) is 28.2. The van der Waals surface area contributed by atoms with Gasteiger partial charge in [-0.2, -0.15) is 0 Å². The number of hydrogen-bond donors (Lipinski definition) is 0. The summed E-state index contributed by atoms with van der Waals surface area (Å²) < 4.78 is 6.11. The smallest absolute Gasteiger partial charge is 0.120 e. The fourth-order valence-electron chi connectivity index (χ4n) is 4.86. The van der Waals surface area contributed by atoms with Crippen molar-refractivity contribution >= 4 is 0 Å². The molecule has 5 rings (SSSR count). The van der Waals surface area contributed by atoms with Crippen LogP contribution >= 0.6 is 0 Å². The number of hydrogen-bond acceptors (Lipinski definition) is 1. The SMILES string of the molecule is C/C(=C\O[C@H](C)c1ccccc1)C1CC12c1ccccc1-c1ccccc12. The maximum atomic E-state index is 6.11. The number of rotatable bonds is 4. The largest absolute Gasteiger partial charge is 0.494 e. The molecule has 0 amide bonds. The summed E-state index contributed by atoms with van der Waals surface area (Å²) >= 11 is 0. The third-order valence-corrected chi connectivity index (χ3v) is 6.34. The first-order chi connectivity index (χ1) is 13.2. The molecule has 2 aliphatic carbocycles. The molecule has 3 aromatic rings. The Labute approximate surface area is 161 Å². The normalized spacial score (nSPS) is 20.1. The van der Waals surface area contributed by atoms with E-state index in [0.29, 0.717) is 5.92 Å². The van der Waals surface area contributed by atoms with Crippen molar-refractivity contribution in [3.8, 4) is 11.1 Å². The van der Waals surface area contributed by atoms with Crippen LogP contribution in [0.15, 0.2) is 90.7 Å². The van der Waals surface area contributed by atoms with Crippen LogP contribution in [0.3, 0.4) is 0 Å². The van der Waals surface area contributed by atoms with Crippen molar-refractivity contribution in [1.29, 1.82) is 0 Å². The van der Waals surface area contributed by atoms with E-state index < -0.39 is 0 Å². The predicted molar refractivity (Wildman–Crippen MR) is 110 cm³/mol. The highest BCUT2D eigenvalue weighted by atomic mass is 16.5. The molecule has 27 heavy (non-hydrogen) atoms. The average Bonchev–Trinajstić information content (AvgIpc) is 3.42. The summed E-state index contributed by atoms with van der Waals surface area (Å²) in [7, 11) is 0. The van der Waals surface area contributed by atoms with Gasteiger partial charge in [-0.3, -0.25) is 0 Å². The molecule has 2 atom stereocenters. The summed E-state index contributed by atoms with van der Waals surface area (Å²) in [5.74, 6) is 0.519. The molecule has 1 saturated carbocycles. The van der Waals surface area contributed by atoms with E-state index in [4.69, 9.17) is 4.74 Å². The lowest BCUT2D eigenvalue weighted by atomic mass is 9.89. The maximum Gasteiger partial charge on any atom is 0.120 e. The fraction of sp³-hybridized carbons (Fsp3) is 0.231. The second kappa shape index (κ2) is 6.13. The summed E-state index contributed by atoms with van der Waals surface area (Å²) in [6.45, 7) is 4.34. The van der Waals surface area contributed by atoms with Gasteiger partial charge in [0.1, 0.15) is 6.10 Å². The Kier molecular flexibility index (Phi) is 3.72. The van der Waals surface area contributed by atoms with E-state index >= 15 is 0 Å². The quantitative estimate of drug-likeness (QED) is 0.477. The van der Waals surface area contributed by atoms with Crippen molar-refractivity contribution in [3.63, 3.8) is 0 Å². The molecule has 0 N–H and O–H groups in total. The summed E-state index contributed by atoms with van der Waals surface area (Å²) in [4.78, 5) is 0. The van der Waals surface area contributed by atoms with Crippen LogP contribution in [-0.4, -0.2) is 0 Å². The third-order valence-electron chi connectivity index (χ3n) is 6.34. The van der Waals surface area contributed by atoms with E-state index in [0.717, 1.165) is 0 Å². The Morgan fingerprint density at radius 1 is 0.889 bits per heavy atom. The predicted octanol–water partition coefficient (Wildman–Crippen LogP) is 6.65. The van der Waals surface area contributed by atoms with Crippen LogP contribution in [0.1, 0.15) is 43.1 Å². The third kappa shape index (κ3) is 2.45. The zero-order valence-electron chi connectivity index (χ0n) is 15.9. The van der Waals surface area contributed by atoms with Crippen LogP contribution in [0.2, 0.25) is 0 Å². The first-order valence-electron chi connectivity index (χ1n) is 9.78. The number of benzene rings is 3. The molecule has 1 nitrogen and oxygen atoms in total. The monoisotopic (exact) mass is 352 g/mol. The molecule has 1 unspecified atom stereocenters. The van der Waals surface area contributed by atoms with Crippen LogP contribution in [0.5, 0.6) is 0 Å². The van der Waals surface area contributed by atoms with Gasteiger partial charge in [0.15, 0.2) is 0 Å². The van der Waals surface area contributed by atoms with Crippen LogP contribution in [-0.2, 0) is 10.2 Å². The number of ether oxygens (including phenoxy) is 1. The molecule has 1 fully saturated rings. The Balaban J connectivity index is 1.44. The minimum atomic E-state index is 0.0685. The lowest BCUT2D eigenvalue weighted by Gasteiger charge is -2.16. The molecule has 134 valence electrons. The van der Waals surface area contributed by atoms with E-state index in [1.165, 1.54) is 39.8 Å². The van der Waals surface area contributed by atoms with Crippen LogP contribution in [0.25, 0.3) is 11.1 Å². The van der Waals surface area contributed by atoms with Gasteiger partial charge in [0.05, 0.1) is 6.26 Å². The van der Waals surface area contributed by atoms with E-state index in [9.17, 15) is 0 Å². The maximum absolute atomic E-state index is 6.11. The summed E-state index contributed by atoms with van der Waals surface area (Å²) in [5, 5.41) is 0. The number of fused-ring (bicyclic) bond motifs is 5. The Morgan fingerprint density at radius 3 is 2.07 bits per heavy atom. The lowest BCUT2D eigenvalue weighted by Crippen LogP contribution is -2.09. The van der Waals surface area contributed by atoms with Crippen LogP contribution in [0.4, 0.5) is 0 Å². The molecule has 0 aromatic heterocycles. The van der Waals surface area contributed by atoms with E-state index in [1.54, 1.807) is 0 Å². The zero-order chi connectivity index (χ0) is 18.4. The van der Waals surface area contributed by atoms with E-state index in [-0.39, 0.29) is 11.5 Å². The molecule has 0 saturated heterocycles. The topological polar surface area (TPSA) is 9.23 Å². The van der Waals surface area contributed by atoms with Gasteiger partial charge in [-0.25, -0.2) is 0 Å². The van der Waals surface area contributed by atoms with Gasteiger partial charge >= 0.3 is 0 Å². The van der Waals surface area contributed by atoms with Gasteiger partial charge in [-0.05, 0) is 59.6 Å². The molecular formula is C26H24O. The van der Waals surface area contributed by atoms with Gasteiger partial charge in [-0.15, -0.1) is 0 Å². The lowest BCUT2D eigenvalue weighted by molar-refractivity contribution is 0.161. The first-order valence-corrected chi connectivity index (χ1v) is 9.78. The second-order valence-electron chi connectivity index (χ2n) is 7.87. The minimum absolute atomic E-state index is 0.0685. The molecule has 0 radical (unpaired) electrons. The average molecular weight is 352 g/mol. The van der Waals surface area contributed by atoms with Crippen molar-refractivity contribution in [1.82, 2.24) is 0 Å². The second-order valence-corrected chi connectivity index (χ2v) is 7.87. The first kappa shape index (κ1) is 16.4.